The van der Waals surface area contributed by atoms with Gasteiger partial charge in [-0.3, -0.25) is 9.48 Å². The van der Waals surface area contributed by atoms with E-state index in [2.05, 4.69) is 14.8 Å². The number of amides is 1. The summed E-state index contributed by atoms with van der Waals surface area (Å²) in [7, 11) is -2.05. The van der Waals surface area contributed by atoms with Crippen molar-refractivity contribution in [3.8, 4) is 17.0 Å². The highest BCUT2D eigenvalue weighted by Crippen LogP contribution is 2.36. The Morgan fingerprint density at radius 2 is 2.09 bits per heavy atom. The number of hydrogen-bond donors (Lipinski definition) is 2. The van der Waals surface area contributed by atoms with Gasteiger partial charge in [-0.25, -0.2) is 13.1 Å². The number of carbonyl (C=O) groups is 1. The van der Waals surface area contributed by atoms with Gasteiger partial charge in [0.2, 0.25) is 15.9 Å². The second-order valence-electron chi connectivity index (χ2n) is 7.97. The molecule has 176 valence electrons. The van der Waals surface area contributed by atoms with Gasteiger partial charge in [0.05, 0.1) is 11.4 Å². The fourth-order valence-corrected chi connectivity index (χ4v) is 4.47. The van der Waals surface area contributed by atoms with E-state index in [9.17, 15) is 22.0 Å². The van der Waals surface area contributed by atoms with E-state index in [0.29, 0.717) is 30.5 Å². The summed E-state index contributed by atoms with van der Waals surface area (Å²) in [6.07, 6.45) is 1.66. The summed E-state index contributed by atoms with van der Waals surface area (Å²) in [6.45, 7) is 1.10. The topological polar surface area (TPSA) is 102 Å². The molecule has 32 heavy (non-hydrogen) atoms. The second-order valence-corrected chi connectivity index (χ2v) is 10.0. The predicted octanol–water partition coefficient (Wildman–Crippen LogP) is 2.50. The van der Waals surface area contributed by atoms with Gasteiger partial charge in [0.15, 0.2) is 0 Å². The molecule has 0 unspecified atom stereocenters. The molecule has 0 fully saturated rings. The number of fused-ring (bicyclic) bond motifs is 1. The molecule has 1 aromatic carbocycles. The lowest BCUT2D eigenvalue weighted by molar-refractivity contribution is -0.125. The van der Waals surface area contributed by atoms with E-state index >= 15 is 0 Å². The summed E-state index contributed by atoms with van der Waals surface area (Å²) in [5.74, 6) is -0.601. The van der Waals surface area contributed by atoms with Gasteiger partial charge in [0.25, 0.3) is 0 Å². The number of alkyl halides is 2. The lowest BCUT2D eigenvalue weighted by atomic mass is 9.85. The molecule has 1 aliphatic rings. The second kappa shape index (κ2) is 9.95. The van der Waals surface area contributed by atoms with E-state index in [1.54, 1.807) is 18.2 Å². The van der Waals surface area contributed by atoms with Crippen LogP contribution in [-0.4, -0.2) is 50.1 Å². The maximum absolute atomic E-state index is 12.6. The van der Waals surface area contributed by atoms with Gasteiger partial charge in [0.1, 0.15) is 5.75 Å². The first-order chi connectivity index (χ1) is 15.1. The molecule has 0 bridgehead atoms. The van der Waals surface area contributed by atoms with Crippen LogP contribution in [-0.2, 0) is 27.7 Å². The van der Waals surface area contributed by atoms with Crippen LogP contribution in [0, 0.1) is 5.92 Å². The van der Waals surface area contributed by atoms with Gasteiger partial charge in [0, 0.05) is 41.7 Å². The Hall–Kier alpha value is -2.53. The fraction of sp³-hybridized carbons (Fsp3) is 0.524. The van der Waals surface area contributed by atoms with Crippen molar-refractivity contribution in [2.45, 2.75) is 45.8 Å². The highest BCUT2D eigenvalue weighted by atomic mass is 32.2. The number of nitrogens with zero attached hydrogens (tertiary/aromatic N) is 2. The van der Waals surface area contributed by atoms with Crippen LogP contribution in [0.15, 0.2) is 24.3 Å². The van der Waals surface area contributed by atoms with E-state index in [0.717, 1.165) is 11.3 Å². The molecule has 1 aliphatic carbocycles. The lowest BCUT2D eigenvalue weighted by Gasteiger charge is -2.24. The summed E-state index contributed by atoms with van der Waals surface area (Å²) in [5.41, 5.74) is 3.31. The number of benzene rings is 1. The van der Waals surface area contributed by atoms with E-state index in [-0.39, 0.29) is 35.9 Å². The van der Waals surface area contributed by atoms with Crippen LogP contribution in [0.1, 0.15) is 37.6 Å². The average molecular weight is 471 g/mol. The Kier molecular flexibility index (Phi) is 7.50. The van der Waals surface area contributed by atoms with Crippen molar-refractivity contribution in [3.05, 3.63) is 35.5 Å². The molecule has 3 rings (SSSR count). The van der Waals surface area contributed by atoms with Gasteiger partial charge >= 0.3 is 6.61 Å². The first kappa shape index (κ1) is 24.1. The highest BCUT2D eigenvalue weighted by Gasteiger charge is 2.31. The van der Waals surface area contributed by atoms with E-state index in [1.165, 1.54) is 13.1 Å². The third-order valence-electron chi connectivity index (χ3n) is 5.47. The summed E-state index contributed by atoms with van der Waals surface area (Å²) in [5, 5.41) is 7.45. The Bertz CT molecular complexity index is 1070. The average Bonchev–Trinajstić information content (AvgIpc) is 3.12. The third kappa shape index (κ3) is 5.63. The molecule has 1 heterocycles. The van der Waals surface area contributed by atoms with Gasteiger partial charge in [-0.2, -0.15) is 13.9 Å². The molecule has 8 nitrogen and oxygen atoms in total. The van der Waals surface area contributed by atoms with Crippen molar-refractivity contribution in [1.29, 1.82) is 0 Å². The molecule has 2 aromatic rings. The summed E-state index contributed by atoms with van der Waals surface area (Å²) in [6, 6.07) is 6.50. The number of nitrogens with one attached hydrogen (secondary N) is 2. The SMILES string of the molecule is CNS(=O)(=O)CCNC(=O)[C@@H]1CCc2c(-c3cccc(OC(F)F)c3)nn(C(C)C)c2C1. The van der Waals surface area contributed by atoms with Crippen molar-refractivity contribution in [3.63, 3.8) is 0 Å². The number of hydrogen-bond acceptors (Lipinski definition) is 5. The monoisotopic (exact) mass is 470 g/mol. The molecule has 2 N–H and O–H groups in total. The van der Waals surface area contributed by atoms with Gasteiger partial charge in [-0.1, -0.05) is 12.1 Å². The summed E-state index contributed by atoms with van der Waals surface area (Å²) >= 11 is 0. The smallest absolute Gasteiger partial charge is 0.387 e. The van der Waals surface area contributed by atoms with Crippen LogP contribution in [0.25, 0.3) is 11.3 Å². The molecular weight excluding hydrogens is 442 g/mol. The molecule has 11 heteroatoms. The van der Waals surface area contributed by atoms with Crippen LogP contribution >= 0.6 is 0 Å². The van der Waals surface area contributed by atoms with Crippen LogP contribution < -0.4 is 14.8 Å². The Morgan fingerprint density at radius 3 is 2.75 bits per heavy atom. The maximum atomic E-state index is 12.6. The van der Waals surface area contributed by atoms with Crippen molar-refractivity contribution in [2.24, 2.45) is 5.92 Å². The molecule has 0 saturated heterocycles. The highest BCUT2D eigenvalue weighted by molar-refractivity contribution is 7.89. The minimum atomic E-state index is -3.39. The van der Waals surface area contributed by atoms with Crippen LogP contribution in [0.5, 0.6) is 5.75 Å². The number of ether oxygens (including phenoxy) is 1. The third-order valence-corrected chi connectivity index (χ3v) is 6.84. The molecule has 1 atom stereocenters. The van der Waals surface area contributed by atoms with Crippen LogP contribution in [0.2, 0.25) is 0 Å². The predicted molar refractivity (Wildman–Crippen MR) is 116 cm³/mol. The normalized spacial score (nSPS) is 16.3. The van der Waals surface area contributed by atoms with Crippen molar-refractivity contribution in [1.82, 2.24) is 19.8 Å². The molecular formula is C21H28F2N4O4S. The minimum Gasteiger partial charge on any atom is -0.435 e. The van der Waals surface area contributed by atoms with Gasteiger partial charge in [-0.15, -0.1) is 0 Å². The first-order valence-corrected chi connectivity index (χ1v) is 12.1. The minimum absolute atomic E-state index is 0.0387. The maximum Gasteiger partial charge on any atom is 0.387 e. The standard InChI is InChI=1S/C21H28F2N4O4S/c1-13(2)27-18-12-15(20(28)25-9-10-32(29,30)24-3)7-8-17(18)19(26-27)14-5-4-6-16(11-14)31-21(22)23/h4-6,11,13,15,21,24H,7-10,12H2,1-3H3,(H,25,28)/t15-/m1/s1. The number of aromatic nitrogens is 2. The molecule has 0 aliphatic heterocycles. The number of carbonyl (C=O) groups excluding carboxylic acids is 1. The van der Waals surface area contributed by atoms with E-state index < -0.39 is 16.6 Å². The molecule has 1 aromatic heterocycles. The lowest BCUT2D eigenvalue weighted by Crippen LogP contribution is -2.38. The zero-order chi connectivity index (χ0) is 23.5. The largest absolute Gasteiger partial charge is 0.435 e. The summed E-state index contributed by atoms with van der Waals surface area (Å²) in [4.78, 5) is 12.6. The van der Waals surface area contributed by atoms with Crippen molar-refractivity contribution >= 4 is 15.9 Å². The van der Waals surface area contributed by atoms with Gasteiger partial charge in [-0.05, 0) is 45.9 Å². The zero-order valence-electron chi connectivity index (χ0n) is 18.3. The quantitative estimate of drug-likeness (QED) is 0.586. The van der Waals surface area contributed by atoms with Crippen LogP contribution in [0.3, 0.4) is 0 Å². The Labute approximate surface area is 186 Å². The fourth-order valence-electron chi connectivity index (χ4n) is 3.89. The van der Waals surface area contributed by atoms with Crippen molar-refractivity contribution in [2.75, 3.05) is 19.3 Å². The zero-order valence-corrected chi connectivity index (χ0v) is 19.1. The molecule has 0 radical (unpaired) electrons. The number of halogens is 2. The van der Waals surface area contributed by atoms with Crippen LogP contribution in [0.4, 0.5) is 8.78 Å². The first-order valence-electron chi connectivity index (χ1n) is 10.5. The summed E-state index contributed by atoms with van der Waals surface area (Å²) < 4.78 is 56.9. The number of sulfonamides is 1. The molecule has 0 saturated carbocycles. The van der Waals surface area contributed by atoms with E-state index in [1.807, 2.05) is 18.5 Å². The molecule has 1 amide bonds. The van der Waals surface area contributed by atoms with E-state index in [4.69, 9.17) is 5.10 Å². The van der Waals surface area contributed by atoms with Gasteiger partial charge < -0.3 is 10.1 Å². The number of rotatable bonds is 9. The molecule has 0 spiro atoms. The Morgan fingerprint density at radius 1 is 1.34 bits per heavy atom. The Balaban J connectivity index is 1.81. The van der Waals surface area contributed by atoms with Crippen molar-refractivity contribution < 1.29 is 26.7 Å².